The Kier molecular flexibility index (Phi) is 5.19. The van der Waals surface area contributed by atoms with Gasteiger partial charge in [-0.25, -0.2) is 4.98 Å². The molecule has 6 nitrogen and oxygen atoms in total. The zero-order valence-electron chi connectivity index (χ0n) is 12.0. The monoisotopic (exact) mass is 367 g/mol. The number of amides is 2. The van der Waals surface area contributed by atoms with Gasteiger partial charge in [-0.05, 0) is 12.1 Å². The number of fused-ring (bicyclic) bond motifs is 1. The molecule has 2 amide bonds. The Morgan fingerprint density at radius 2 is 2.30 bits per heavy atom. The van der Waals surface area contributed by atoms with Crippen LogP contribution in [0.1, 0.15) is 0 Å². The largest absolute Gasteiger partial charge is 0.431 e. The van der Waals surface area contributed by atoms with Gasteiger partial charge in [-0.1, -0.05) is 47.9 Å². The SMILES string of the molecule is O=C(CSc1nc2ccccc2o1)NCCN1C(=O)CSC1=S. The second-order valence-corrected chi connectivity index (χ2v) is 7.22. The normalized spacial score (nSPS) is 14.7. The van der Waals surface area contributed by atoms with Gasteiger partial charge in [-0.15, -0.1) is 0 Å². The first-order valence-electron chi connectivity index (χ1n) is 6.85. The lowest BCUT2D eigenvalue weighted by molar-refractivity contribution is -0.124. The molecule has 1 aromatic carbocycles. The van der Waals surface area contributed by atoms with E-state index in [-0.39, 0.29) is 17.6 Å². The van der Waals surface area contributed by atoms with Crippen molar-refractivity contribution in [1.29, 1.82) is 0 Å². The first-order chi connectivity index (χ1) is 11.1. The maximum Gasteiger partial charge on any atom is 0.257 e. The van der Waals surface area contributed by atoms with Crippen molar-refractivity contribution >= 4 is 63.0 Å². The number of carbonyl (C=O) groups excluding carboxylic acids is 2. The lowest BCUT2D eigenvalue weighted by Gasteiger charge is -2.14. The molecular formula is C14H13N3O3S3. The maximum absolute atomic E-state index is 11.8. The van der Waals surface area contributed by atoms with Crippen molar-refractivity contribution in [3.8, 4) is 0 Å². The summed E-state index contributed by atoms with van der Waals surface area (Å²) in [4.78, 5) is 29.2. The molecule has 0 aliphatic carbocycles. The third-order valence-electron chi connectivity index (χ3n) is 3.10. The van der Waals surface area contributed by atoms with Gasteiger partial charge in [0.1, 0.15) is 9.84 Å². The van der Waals surface area contributed by atoms with Gasteiger partial charge in [-0.2, -0.15) is 0 Å². The molecule has 1 saturated heterocycles. The highest BCUT2D eigenvalue weighted by Crippen LogP contribution is 2.22. The summed E-state index contributed by atoms with van der Waals surface area (Å²) in [6.45, 7) is 0.781. The molecule has 0 atom stereocenters. The number of oxazole rings is 1. The molecule has 1 aliphatic heterocycles. The Bertz CT molecular complexity index is 713. The van der Waals surface area contributed by atoms with Crippen molar-refractivity contribution < 1.29 is 14.0 Å². The van der Waals surface area contributed by atoms with Crippen molar-refractivity contribution in [2.24, 2.45) is 0 Å². The van der Waals surface area contributed by atoms with Crippen LogP contribution in [0.3, 0.4) is 0 Å². The van der Waals surface area contributed by atoms with Crippen LogP contribution in [0.25, 0.3) is 11.1 Å². The van der Waals surface area contributed by atoms with Crippen LogP contribution in [0.4, 0.5) is 0 Å². The number of hydrogen-bond acceptors (Lipinski definition) is 7. The highest BCUT2D eigenvalue weighted by Gasteiger charge is 2.25. The van der Waals surface area contributed by atoms with Gasteiger partial charge in [0.05, 0.1) is 11.5 Å². The molecule has 9 heteroatoms. The number of benzene rings is 1. The van der Waals surface area contributed by atoms with Crippen molar-refractivity contribution in [3.63, 3.8) is 0 Å². The third-order valence-corrected chi connectivity index (χ3v) is 5.36. The summed E-state index contributed by atoms with van der Waals surface area (Å²) in [7, 11) is 0. The predicted molar refractivity (Wildman–Crippen MR) is 94.5 cm³/mol. The van der Waals surface area contributed by atoms with Crippen LogP contribution >= 0.6 is 35.7 Å². The smallest absolute Gasteiger partial charge is 0.257 e. The predicted octanol–water partition coefficient (Wildman–Crippen LogP) is 1.90. The Morgan fingerprint density at radius 1 is 1.48 bits per heavy atom. The van der Waals surface area contributed by atoms with Crippen LogP contribution < -0.4 is 5.32 Å². The molecule has 0 radical (unpaired) electrons. The summed E-state index contributed by atoms with van der Waals surface area (Å²) >= 11 is 7.66. The second kappa shape index (κ2) is 7.33. The van der Waals surface area contributed by atoms with Crippen LogP contribution in [0.5, 0.6) is 0 Å². The molecule has 0 saturated carbocycles. The summed E-state index contributed by atoms with van der Waals surface area (Å²) in [5.74, 6) is 0.456. The van der Waals surface area contributed by atoms with Gasteiger partial charge >= 0.3 is 0 Å². The molecule has 120 valence electrons. The van der Waals surface area contributed by atoms with Crippen molar-refractivity contribution in [2.45, 2.75) is 5.22 Å². The van der Waals surface area contributed by atoms with Gasteiger partial charge in [-0.3, -0.25) is 14.5 Å². The molecule has 1 fully saturated rings. The van der Waals surface area contributed by atoms with Gasteiger partial charge < -0.3 is 9.73 Å². The van der Waals surface area contributed by atoms with E-state index in [0.29, 0.717) is 34.0 Å². The molecule has 2 aromatic rings. The fourth-order valence-corrected chi connectivity index (χ4v) is 3.79. The summed E-state index contributed by atoms with van der Waals surface area (Å²) in [5, 5.41) is 3.23. The first-order valence-corrected chi connectivity index (χ1v) is 9.23. The molecule has 23 heavy (non-hydrogen) atoms. The van der Waals surface area contributed by atoms with Gasteiger partial charge in [0, 0.05) is 13.1 Å². The summed E-state index contributed by atoms with van der Waals surface area (Å²) < 4.78 is 6.11. The van der Waals surface area contributed by atoms with E-state index in [2.05, 4.69) is 10.3 Å². The number of nitrogens with one attached hydrogen (secondary N) is 1. The van der Waals surface area contributed by atoms with Crippen molar-refractivity contribution in [1.82, 2.24) is 15.2 Å². The van der Waals surface area contributed by atoms with Gasteiger partial charge in [0.25, 0.3) is 5.22 Å². The van der Waals surface area contributed by atoms with E-state index >= 15 is 0 Å². The quantitative estimate of drug-likeness (QED) is 0.617. The number of carbonyl (C=O) groups is 2. The lowest BCUT2D eigenvalue weighted by atomic mass is 10.3. The minimum Gasteiger partial charge on any atom is -0.431 e. The molecule has 1 aliphatic rings. The number of rotatable bonds is 6. The zero-order chi connectivity index (χ0) is 16.2. The minimum atomic E-state index is -0.137. The maximum atomic E-state index is 11.8. The molecule has 0 bridgehead atoms. The third kappa shape index (κ3) is 4.04. The highest BCUT2D eigenvalue weighted by molar-refractivity contribution is 8.23. The summed E-state index contributed by atoms with van der Waals surface area (Å²) in [5.41, 5.74) is 1.47. The van der Waals surface area contributed by atoms with Crippen LogP contribution in [-0.2, 0) is 9.59 Å². The molecule has 2 heterocycles. The van der Waals surface area contributed by atoms with E-state index in [4.69, 9.17) is 16.6 Å². The van der Waals surface area contributed by atoms with Gasteiger partial charge in [0.2, 0.25) is 11.8 Å². The molecule has 1 aromatic heterocycles. The fourth-order valence-electron chi connectivity index (χ4n) is 2.00. The second-order valence-electron chi connectivity index (χ2n) is 4.69. The van der Waals surface area contributed by atoms with Crippen LogP contribution in [0.15, 0.2) is 33.9 Å². The number of hydrogen-bond donors (Lipinski definition) is 1. The minimum absolute atomic E-state index is 0.00454. The molecule has 0 unspecified atom stereocenters. The average molecular weight is 367 g/mol. The summed E-state index contributed by atoms with van der Waals surface area (Å²) in [6.07, 6.45) is 0. The van der Waals surface area contributed by atoms with Crippen LogP contribution in [0.2, 0.25) is 0 Å². The summed E-state index contributed by atoms with van der Waals surface area (Å²) in [6, 6.07) is 7.45. The zero-order valence-corrected chi connectivity index (χ0v) is 14.4. The van der Waals surface area contributed by atoms with E-state index in [9.17, 15) is 9.59 Å². The molecule has 0 spiro atoms. The highest BCUT2D eigenvalue weighted by atomic mass is 32.2. The lowest BCUT2D eigenvalue weighted by Crippen LogP contribution is -2.37. The van der Waals surface area contributed by atoms with Crippen molar-refractivity contribution in [2.75, 3.05) is 24.6 Å². The number of thiocarbonyl (C=S) groups is 1. The van der Waals surface area contributed by atoms with E-state index in [1.165, 1.54) is 28.4 Å². The Labute approximate surface area is 146 Å². The standard InChI is InChI=1S/C14H13N3O3S3/c18-11(15-5-6-17-12(19)8-23-14(17)21)7-22-13-16-9-3-1-2-4-10(9)20-13/h1-4H,5-8H2,(H,15,18). The number of nitrogens with zero attached hydrogens (tertiary/aromatic N) is 2. The topological polar surface area (TPSA) is 75.4 Å². The van der Waals surface area contributed by atoms with E-state index < -0.39 is 0 Å². The first kappa shape index (κ1) is 16.3. The molecular weight excluding hydrogens is 354 g/mol. The van der Waals surface area contributed by atoms with Gasteiger partial charge in [0.15, 0.2) is 5.58 Å². The van der Waals surface area contributed by atoms with E-state index in [0.717, 1.165) is 5.52 Å². The Morgan fingerprint density at radius 3 is 3.04 bits per heavy atom. The number of aromatic nitrogens is 1. The fraction of sp³-hybridized carbons (Fsp3) is 0.286. The number of para-hydroxylation sites is 2. The van der Waals surface area contributed by atoms with Crippen LogP contribution in [-0.4, -0.2) is 50.6 Å². The van der Waals surface area contributed by atoms with Crippen molar-refractivity contribution in [3.05, 3.63) is 24.3 Å². The molecule has 1 N–H and O–H groups in total. The Hall–Kier alpha value is -1.58. The molecule has 3 rings (SSSR count). The average Bonchev–Trinajstić information content (AvgIpc) is 3.10. The number of thioether (sulfide) groups is 2. The van der Waals surface area contributed by atoms with E-state index in [1.807, 2.05) is 24.3 Å². The Balaban J connectivity index is 1.42. The van der Waals surface area contributed by atoms with E-state index in [1.54, 1.807) is 0 Å². The van der Waals surface area contributed by atoms with Crippen LogP contribution in [0, 0.1) is 0 Å².